The van der Waals surface area contributed by atoms with Gasteiger partial charge in [0.2, 0.25) is 0 Å². The van der Waals surface area contributed by atoms with Crippen molar-refractivity contribution in [3.63, 3.8) is 0 Å². The minimum absolute atomic E-state index is 0.0150. The molecule has 0 spiro atoms. The SMILES string of the molecule is Cc1ccc(S(=O)(=O)OCC(F)(F)COCc2ccccc2)cc1. The van der Waals surface area contributed by atoms with Crippen LogP contribution in [0.1, 0.15) is 11.1 Å². The summed E-state index contributed by atoms with van der Waals surface area (Å²) >= 11 is 0. The standard InChI is InChI=1S/C17H18F2O4S/c1-14-7-9-16(10-8-14)24(20,21)23-13-17(18,19)12-22-11-15-5-3-2-4-6-15/h2-10H,11-13H2,1H3. The average Bonchev–Trinajstić information content (AvgIpc) is 2.55. The second kappa shape index (κ2) is 7.83. The van der Waals surface area contributed by atoms with Crippen LogP contribution >= 0.6 is 0 Å². The molecule has 2 aromatic rings. The minimum atomic E-state index is -4.22. The molecule has 7 heteroatoms. The van der Waals surface area contributed by atoms with E-state index >= 15 is 0 Å². The molecule has 0 unspecified atom stereocenters. The zero-order valence-electron chi connectivity index (χ0n) is 13.1. The van der Waals surface area contributed by atoms with E-state index in [0.29, 0.717) is 0 Å². The predicted molar refractivity (Wildman–Crippen MR) is 85.4 cm³/mol. The van der Waals surface area contributed by atoms with Crippen LogP contribution in [0, 0.1) is 6.92 Å². The van der Waals surface area contributed by atoms with E-state index in [2.05, 4.69) is 4.18 Å². The van der Waals surface area contributed by atoms with E-state index in [-0.39, 0.29) is 11.5 Å². The Hall–Kier alpha value is -1.83. The van der Waals surface area contributed by atoms with Crippen LogP contribution in [0.5, 0.6) is 0 Å². The first-order valence-electron chi connectivity index (χ1n) is 7.24. The van der Waals surface area contributed by atoms with Gasteiger partial charge in [-0.3, -0.25) is 4.18 Å². The summed E-state index contributed by atoms with van der Waals surface area (Å²) in [5.41, 5.74) is 1.61. The molecule has 0 heterocycles. The van der Waals surface area contributed by atoms with Crippen molar-refractivity contribution < 1.29 is 26.1 Å². The molecule has 0 amide bonds. The van der Waals surface area contributed by atoms with Crippen LogP contribution in [0.15, 0.2) is 59.5 Å². The lowest BCUT2D eigenvalue weighted by atomic mass is 10.2. The molecule has 0 saturated heterocycles. The Labute approximate surface area is 140 Å². The van der Waals surface area contributed by atoms with E-state index in [1.54, 1.807) is 43.3 Å². The second-order valence-corrected chi connectivity index (χ2v) is 6.98. The molecule has 0 aromatic heterocycles. The van der Waals surface area contributed by atoms with Crippen molar-refractivity contribution in [2.75, 3.05) is 13.2 Å². The topological polar surface area (TPSA) is 52.6 Å². The maximum absolute atomic E-state index is 13.7. The third-order valence-corrected chi connectivity index (χ3v) is 4.44. The normalized spacial score (nSPS) is 12.3. The number of halogens is 2. The third-order valence-electron chi connectivity index (χ3n) is 3.16. The highest BCUT2D eigenvalue weighted by Gasteiger charge is 2.33. The number of hydrogen-bond acceptors (Lipinski definition) is 4. The van der Waals surface area contributed by atoms with Crippen LogP contribution in [-0.4, -0.2) is 27.6 Å². The first-order chi connectivity index (χ1) is 11.3. The zero-order chi connectivity index (χ0) is 17.6. The molecule has 0 aliphatic rings. The molecule has 0 aliphatic carbocycles. The van der Waals surface area contributed by atoms with Gasteiger partial charge in [0.25, 0.3) is 16.0 Å². The zero-order valence-corrected chi connectivity index (χ0v) is 13.9. The molecule has 4 nitrogen and oxygen atoms in total. The Morgan fingerprint density at radius 3 is 2.21 bits per heavy atom. The summed E-state index contributed by atoms with van der Waals surface area (Å²) in [6.45, 7) is -0.389. The van der Waals surface area contributed by atoms with Crippen LogP contribution in [0.2, 0.25) is 0 Å². The molecule has 130 valence electrons. The van der Waals surface area contributed by atoms with Crippen molar-refractivity contribution in [1.29, 1.82) is 0 Å². The van der Waals surface area contributed by atoms with Crippen LogP contribution in [0.3, 0.4) is 0 Å². The lowest BCUT2D eigenvalue weighted by Crippen LogP contribution is -2.31. The number of aryl methyl sites for hydroxylation is 1. The van der Waals surface area contributed by atoms with Gasteiger partial charge < -0.3 is 4.74 Å². The van der Waals surface area contributed by atoms with Gasteiger partial charge in [0.1, 0.15) is 13.2 Å². The Morgan fingerprint density at radius 2 is 1.58 bits per heavy atom. The summed E-state index contributed by atoms with van der Waals surface area (Å²) in [5, 5.41) is 0. The first kappa shape index (κ1) is 18.5. The van der Waals surface area contributed by atoms with Crippen LogP contribution in [0.4, 0.5) is 8.78 Å². The minimum Gasteiger partial charge on any atom is -0.370 e. The van der Waals surface area contributed by atoms with E-state index in [0.717, 1.165) is 11.1 Å². The molecule has 24 heavy (non-hydrogen) atoms. The fourth-order valence-corrected chi connectivity index (χ4v) is 2.80. The second-order valence-electron chi connectivity index (χ2n) is 5.36. The smallest absolute Gasteiger partial charge is 0.297 e. The van der Waals surface area contributed by atoms with Gasteiger partial charge in [-0.05, 0) is 24.6 Å². The van der Waals surface area contributed by atoms with Crippen LogP contribution in [-0.2, 0) is 25.6 Å². The van der Waals surface area contributed by atoms with Crippen molar-refractivity contribution in [1.82, 2.24) is 0 Å². The molecule has 2 rings (SSSR count). The molecular formula is C17H18F2O4S. The quantitative estimate of drug-likeness (QED) is 0.679. The lowest BCUT2D eigenvalue weighted by Gasteiger charge is -2.16. The number of benzene rings is 2. The average molecular weight is 356 g/mol. The first-order valence-corrected chi connectivity index (χ1v) is 8.65. The van der Waals surface area contributed by atoms with E-state index in [1.165, 1.54) is 12.1 Å². The van der Waals surface area contributed by atoms with Crippen molar-refractivity contribution in [2.24, 2.45) is 0 Å². The van der Waals surface area contributed by atoms with Crippen molar-refractivity contribution in [3.8, 4) is 0 Å². The fourth-order valence-electron chi connectivity index (χ4n) is 1.87. The van der Waals surface area contributed by atoms with Gasteiger partial charge in [-0.1, -0.05) is 48.0 Å². The van der Waals surface area contributed by atoms with Gasteiger partial charge in [0, 0.05) is 0 Å². The fraction of sp³-hybridized carbons (Fsp3) is 0.294. The highest BCUT2D eigenvalue weighted by atomic mass is 32.2. The van der Waals surface area contributed by atoms with E-state index < -0.39 is 29.3 Å². The summed E-state index contributed by atoms with van der Waals surface area (Å²) in [6, 6.07) is 14.6. The van der Waals surface area contributed by atoms with Gasteiger partial charge in [0.15, 0.2) is 0 Å². The van der Waals surface area contributed by atoms with Gasteiger partial charge in [0.05, 0.1) is 11.5 Å². The summed E-state index contributed by atoms with van der Waals surface area (Å²) in [6.07, 6.45) is 0. The summed E-state index contributed by atoms with van der Waals surface area (Å²) in [7, 11) is -4.22. The Balaban J connectivity index is 1.86. The molecule has 0 N–H and O–H groups in total. The van der Waals surface area contributed by atoms with Crippen molar-refractivity contribution >= 4 is 10.1 Å². The van der Waals surface area contributed by atoms with E-state index in [1.807, 2.05) is 6.07 Å². The third kappa shape index (κ3) is 5.67. The number of rotatable bonds is 8. The van der Waals surface area contributed by atoms with E-state index in [9.17, 15) is 17.2 Å². The number of hydrogen-bond donors (Lipinski definition) is 0. The highest BCUT2D eigenvalue weighted by Crippen LogP contribution is 2.20. The molecule has 0 saturated carbocycles. The number of ether oxygens (including phenoxy) is 1. The van der Waals surface area contributed by atoms with Gasteiger partial charge in [-0.25, -0.2) is 8.78 Å². The molecule has 0 bridgehead atoms. The lowest BCUT2D eigenvalue weighted by molar-refractivity contribution is -0.104. The molecule has 2 aromatic carbocycles. The largest absolute Gasteiger partial charge is 0.370 e. The predicted octanol–water partition coefficient (Wildman–Crippen LogP) is 3.55. The summed E-state index contributed by atoms with van der Waals surface area (Å²) in [4.78, 5) is -0.158. The Morgan fingerprint density at radius 1 is 0.958 bits per heavy atom. The summed E-state index contributed by atoms with van der Waals surface area (Å²) in [5.74, 6) is -3.41. The van der Waals surface area contributed by atoms with Crippen LogP contribution < -0.4 is 0 Å². The number of alkyl halides is 2. The summed E-state index contributed by atoms with van der Waals surface area (Å²) < 4.78 is 60.6. The van der Waals surface area contributed by atoms with Gasteiger partial charge in [-0.15, -0.1) is 0 Å². The van der Waals surface area contributed by atoms with Gasteiger partial charge in [-0.2, -0.15) is 8.42 Å². The van der Waals surface area contributed by atoms with Gasteiger partial charge >= 0.3 is 0 Å². The molecule has 0 fully saturated rings. The van der Waals surface area contributed by atoms with Crippen LogP contribution in [0.25, 0.3) is 0 Å². The van der Waals surface area contributed by atoms with Crippen molar-refractivity contribution in [3.05, 3.63) is 65.7 Å². The van der Waals surface area contributed by atoms with E-state index in [4.69, 9.17) is 4.74 Å². The maximum Gasteiger partial charge on any atom is 0.297 e. The Bertz CT molecular complexity index is 744. The molecule has 0 aliphatic heterocycles. The Kier molecular flexibility index (Phi) is 6.04. The molecule has 0 atom stereocenters. The monoisotopic (exact) mass is 356 g/mol. The molecule has 0 radical (unpaired) electrons. The highest BCUT2D eigenvalue weighted by molar-refractivity contribution is 7.86. The van der Waals surface area contributed by atoms with Crippen molar-refractivity contribution in [2.45, 2.75) is 24.3 Å². The maximum atomic E-state index is 13.7. The molecular weight excluding hydrogens is 338 g/mol.